The molecule has 1 heterocycles. The minimum absolute atomic E-state index is 0.310. The molecule has 3 nitrogen and oxygen atoms in total. The third-order valence-corrected chi connectivity index (χ3v) is 3.35. The Morgan fingerprint density at radius 3 is 2.50 bits per heavy atom. The highest BCUT2D eigenvalue weighted by atomic mass is 16.3. The summed E-state index contributed by atoms with van der Waals surface area (Å²) in [6.45, 7) is 3.15. The van der Waals surface area contributed by atoms with Gasteiger partial charge in [0.2, 0.25) is 0 Å². The number of hydrogen-bond donors (Lipinski definition) is 2. The number of aliphatic hydroxyl groups is 1. The van der Waals surface area contributed by atoms with E-state index in [9.17, 15) is 5.11 Å². The Kier molecular flexibility index (Phi) is 3.80. The molecule has 3 heteroatoms. The van der Waals surface area contributed by atoms with E-state index in [2.05, 4.69) is 4.90 Å². The van der Waals surface area contributed by atoms with Crippen molar-refractivity contribution in [2.75, 3.05) is 19.7 Å². The molecule has 0 unspecified atom stereocenters. The number of piperidine rings is 1. The quantitative estimate of drug-likeness (QED) is 0.814. The molecule has 88 valence electrons. The number of phenols is 1. The molecule has 2 N–H and O–H groups in total. The predicted molar refractivity (Wildman–Crippen MR) is 63.2 cm³/mol. The zero-order valence-corrected chi connectivity index (χ0v) is 9.47. The number of aliphatic hydroxyl groups excluding tert-OH is 1. The maximum atomic E-state index is 9.67. The molecule has 0 aliphatic carbocycles. The Labute approximate surface area is 96.3 Å². The van der Waals surface area contributed by atoms with Crippen molar-refractivity contribution in [1.82, 2.24) is 4.90 Å². The molecule has 1 aliphatic heterocycles. The third-order valence-electron chi connectivity index (χ3n) is 3.35. The Hall–Kier alpha value is -1.06. The zero-order valence-electron chi connectivity index (χ0n) is 9.47. The summed E-state index contributed by atoms with van der Waals surface area (Å²) in [5.41, 5.74) is 0.991. The van der Waals surface area contributed by atoms with Crippen LogP contribution in [0, 0.1) is 5.92 Å². The van der Waals surface area contributed by atoms with Crippen LogP contribution in [-0.2, 0) is 6.54 Å². The molecule has 0 atom stereocenters. The van der Waals surface area contributed by atoms with Crippen LogP contribution in [0.25, 0.3) is 0 Å². The number of para-hydroxylation sites is 1. The lowest BCUT2D eigenvalue weighted by atomic mass is 9.97. The van der Waals surface area contributed by atoms with Crippen LogP contribution in [0.1, 0.15) is 18.4 Å². The summed E-state index contributed by atoms with van der Waals surface area (Å²) in [6, 6.07) is 7.50. The lowest BCUT2D eigenvalue weighted by Crippen LogP contribution is -2.34. The molecule has 16 heavy (non-hydrogen) atoms. The molecule has 0 saturated carbocycles. The van der Waals surface area contributed by atoms with Crippen LogP contribution in [0.15, 0.2) is 24.3 Å². The van der Waals surface area contributed by atoms with Crippen molar-refractivity contribution in [1.29, 1.82) is 0 Å². The van der Waals surface area contributed by atoms with E-state index in [4.69, 9.17) is 5.11 Å². The van der Waals surface area contributed by atoms with Crippen LogP contribution in [0.3, 0.4) is 0 Å². The lowest BCUT2D eigenvalue weighted by Gasteiger charge is -2.31. The van der Waals surface area contributed by atoms with E-state index in [0.29, 0.717) is 18.3 Å². The van der Waals surface area contributed by atoms with Gasteiger partial charge in [0.15, 0.2) is 0 Å². The summed E-state index contributed by atoms with van der Waals surface area (Å²) < 4.78 is 0. The summed E-state index contributed by atoms with van der Waals surface area (Å²) in [4.78, 5) is 2.33. The number of aromatic hydroxyl groups is 1. The van der Waals surface area contributed by atoms with E-state index in [1.54, 1.807) is 6.07 Å². The Morgan fingerprint density at radius 2 is 1.88 bits per heavy atom. The first kappa shape index (κ1) is 11.4. The fourth-order valence-corrected chi connectivity index (χ4v) is 2.21. The molecule has 1 aromatic rings. The zero-order chi connectivity index (χ0) is 11.4. The van der Waals surface area contributed by atoms with Crippen LogP contribution in [0.4, 0.5) is 0 Å². The van der Waals surface area contributed by atoms with Gasteiger partial charge in [-0.05, 0) is 37.9 Å². The number of hydrogen-bond acceptors (Lipinski definition) is 3. The minimum atomic E-state index is 0.310. The van der Waals surface area contributed by atoms with Crippen molar-refractivity contribution in [3.05, 3.63) is 29.8 Å². The monoisotopic (exact) mass is 221 g/mol. The molecule has 2 rings (SSSR count). The van der Waals surface area contributed by atoms with E-state index in [1.807, 2.05) is 18.2 Å². The van der Waals surface area contributed by atoms with Gasteiger partial charge < -0.3 is 10.2 Å². The van der Waals surface area contributed by atoms with Gasteiger partial charge in [-0.3, -0.25) is 4.90 Å². The first-order valence-electron chi connectivity index (χ1n) is 5.89. The Bertz CT molecular complexity index is 332. The number of nitrogens with zero attached hydrogens (tertiary/aromatic N) is 1. The molecule has 0 spiro atoms. The van der Waals surface area contributed by atoms with Crippen molar-refractivity contribution < 1.29 is 10.2 Å². The molecule has 0 radical (unpaired) electrons. The summed E-state index contributed by atoms with van der Waals surface area (Å²) in [6.07, 6.45) is 2.12. The third kappa shape index (κ3) is 2.74. The van der Waals surface area contributed by atoms with E-state index < -0.39 is 0 Å². The molecule has 0 bridgehead atoms. The molecular formula is C13H19NO2. The van der Waals surface area contributed by atoms with Gasteiger partial charge in [-0.15, -0.1) is 0 Å². The Morgan fingerprint density at radius 1 is 1.19 bits per heavy atom. The summed E-state index contributed by atoms with van der Waals surface area (Å²) >= 11 is 0. The maximum absolute atomic E-state index is 9.67. The first-order chi connectivity index (χ1) is 7.79. The Balaban J connectivity index is 1.89. The lowest BCUT2D eigenvalue weighted by molar-refractivity contribution is 0.127. The first-order valence-corrected chi connectivity index (χ1v) is 5.89. The van der Waals surface area contributed by atoms with Gasteiger partial charge in [-0.2, -0.15) is 0 Å². The van der Waals surface area contributed by atoms with E-state index >= 15 is 0 Å². The highest BCUT2D eigenvalue weighted by Crippen LogP contribution is 2.22. The highest BCUT2D eigenvalue weighted by molar-refractivity contribution is 5.31. The van der Waals surface area contributed by atoms with Gasteiger partial charge in [0.1, 0.15) is 5.75 Å². The summed E-state index contributed by atoms with van der Waals surface area (Å²) in [7, 11) is 0. The van der Waals surface area contributed by atoms with Gasteiger partial charge >= 0.3 is 0 Å². The van der Waals surface area contributed by atoms with Gasteiger partial charge in [0.05, 0.1) is 0 Å². The standard InChI is InChI=1S/C13H19NO2/c15-10-11-5-7-14(8-6-11)9-12-3-1-2-4-13(12)16/h1-4,11,15-16H,5-10H2. The van der Waals surface area contributed by atoms with Gasteiger partial charge in [-0.1, -0.05) is 18.2 Å². The smallest absolute Gasteiger partial charge is 0.120 e. The average Bonchev–Trinajstić information content (AvgIpc) is 2.33. The fraction of sp³-hybridized carbons (Fsp3) is 0.538. The minimum Gasteiger partial charge on any atom is -0.508 e. The van der Waals surface area contributed by atoms with Crippen molar-refractivity contribution in [3.63, 3.8) is 0 Å². The largest absolute Gasteiger partial charge is 0.508 e. The highest BCUT2D eigenvalue weighted by Gasteiger charge is 2.18. The van der Waals surface area contributed by atoms with Crippen LogP contribution < -0.4 is 0 Å². The molecule has 0 aromatic heterocycles. The second-order valence-corrected chi connectivity index (χ2v) is 4.53. The molecule has 1 fully saturated rings. The van der Waals surface area contributed by atoms with E-state index in [1.165, 1.54) is 0 Å². The van der Waals surface area contributed by atoms with Crippen LogP contribution in [0.5, 0.6) is 5.75 Å². The van der Waals surface area contributed by atoms with Crippen LogP contribution in [-0.4, -0.2) is 34.8 Å². The number of likely N-dealkylation sites (tertiary alicyclic amines) is 1. The summed E-state index contributed by atoms with van der Waals surface area (Å²) in [5.74, 6) is 0.854. The van der Waals surface area contributed by atoms with Crippen LogP contribution in [0.2, 0.25) is 0 Å². The van der Waals surface area contributed by atoms with Gasteiger partial charge in [-0.25, -0.2) is 0 Å². The van der Waals surface area contributed by atoms with Crippen molar-refractivity contribution in [2.24, 2.45) is 5.92 Å². The summed E-state index contributed by atoms with van der Waals surface area (Å²) in [5, 5.41) is 18.7. The van der Waals surface area contributed by atoms with Crippen molar-refractivity contribution in [3.8, 4) is 5.75 Å². The van der Waals surface area contributed by atoms with E-state index in [-0.39, 0.29) is 0 Å². The van der Waals surface area contributed by atoms with Gasteiger partial charge in [0.25, 0.3) is 0 Å². The predicted octanol–water partition coefficient (Wildman–Crippen LogP) is 1.60. The van der Waals surface area contributed by atoms with Gasteiger partial charge in [0, 0.05) is 18.7 Å². The van der Waals surface area contributed by atoms with Crippen molar-refractivity contribution in [2.45, 2.75) is 19.4 Å². The molecule has 1 aliphatic rings. The van der Waals surface area contributed by atoms with Crippen LogP contribution >= 0.6 is 0 Å². The molecule has 0 amide bonds. The fourth-order valence-electron chi connectivity index (χ4n) is 2.21. The maximum Gasteiger partial charge on any atom is 0.120 e. The topological polar surface area (TPSA) is 43.7 Å². The average molecular weight is 221 g/mol. The number of rotatable bonds is 3. The normalized spacial score (nSPS) is 18.8. The molecular weight excluding hydrogens is 202 g/mol. The molecule has 1 saturated heterocycles. The second kappa shape index (κ2) is 5.32. The van der Waals surface area contributed by atoms with E-state index in [0.717, 1.165) is 38.0 Å². The SMILES string of the molecule is OCC1CCN(Cc2ccccc2O)CC1. The van der Waals surface area contributed by atoms with Crippen molar-refractivity contribution >= 4 is 0 Å². The second-order valence-electron chi connectivity index (χ2n) is 4.53. The number of benzene rings is 1. The molecule has 1 aromatic carbocycles. The number of phenolic OH excluding ortho intramolecular Hbond substituents is 1.